The van der Waals surface area contributed by atoms with E-state index in [2.05, 4.69) is 4.98 Å². The highest BCUT2D eigenvalue weighted by molar-refractivity contribution is 5.93. The fourth-order valence-electron chi connectivity index (χ4n) is 3.20. The first kappa shape index (κ1) is 18.5. The number of nitrogens with one attached hydrogen (secondary N) is 1. The molecule has 0 bridgehead atoms. The van der Waals surface area contributed by atoms with Crippen LogP contribution < -0.4 is 11.2 Å². The predicted molar refractivity (Wildman–Crippen MR) is 109 cm³/mol. The molecule has 0 radical (unpaired) electrons. The Hall–Kier alpha value is -3.87. The normalized spacial score (nSPS) is 10.9. The van der Waals surface area contributed by atoms with Crippen molar-refractivity contribution in [2.45, 2.75) is 13.2 Å². The van der Waals surface area contributed by atoms with E-state index in [4.69, 9.17) is 4.74 Å². The maximum Gasteiger partial charge on any atom is 0.355 e. The molecular weight excluding hydrogens is 370 g/mol. The van der Waals surface area contributed by atoms with Crippen LogP contribution in [0.5, 0.6) is 0 Å². The van der Waals surface area contributed by atoms with Crippen LogP contribution in [0.15, 0.2) is 76.3 Å². The fourth-order valence-corrected chi connectivity index (χ4v) is 3.20. The largest absolute Gasteiger partial charge is 0.456 e. The van der Waals surface area contributed by atoms with Crippen molar-refractivity contribution >= 4 is 17.0 Å². The van der Waals surface area contributed by atoms with Crippen molar-refractivity contribution in [3.8, 4) is 0 Å². The Morgan fingerprint density at radius 3 is 2.24 bits per heavy atom. The molecule has 2 aromatic carbocycles. The van der Waals surface area contributed by atoms with Gasteiger partial charge in [-0.2, -0.15) is 0 Å². The van der Waals surface area contributed by atoms with Crippen molar-refractivity contribution in [3.63, 3.8) is 0 Å². The van der Waals surface area contributed by atoms with Crippen LogP contribution in [0.4, 0.5) is 0 Å². The van der Waals surface area contributed by atoms with E-state index < -0.39 is 17.2 Å². The smallest absolute Gasteiger partial charge is 0.355 e. The van der Waals surface area contributed by atoms with Crippen molar-refractivity contribution in [3.05, 3.63) is 104 Å². The van der Waals surface area contributed by atoms with Gasteiger partial charge in [-0.3, -0.25) is 13.9 Å². The Bertz CT molecular complexity index is 1280. The molecule has 0 saturated heterocycles. The number of carbonyl (C=O) groups excluding carboxylic acids is 1. The third-order valence-corrected chi connectivity index (χ3v) is 4.74. The van der Waals surface area contributed by atoms with E-state index in [1.807, 2.05) is 60.7 Å². The van der Waals surface area contributed by atoms with Crippen LogP contribution in [0, 0.1) is 0 Å². The molecular formula is C22H19N3O4. The number of H-pyrrole nitrogens is 1. The zero-order chi connectivity index (χ0) is 20.4. The highest BCUT2D eigenvalue weighted by atomic mass is 16.5. The van der Waals surface area contributed by atoms with Crippen LogP contribution in [0.3, 0.4) is 0 Å². The highest BCUT2D eigenvalue weighted by Crippen LogP contribution is 2.12. The molecule has 2 heterocycles. The van der Waals surface area contributed by atoms with Crippen LogP contribution in [-0.4, -0.2) is 20.1 Å². The van der Waals surface area contributed by atoms with E-state index in [0.717, 1.165) is 15.7 Å². The van der Waals surface area contributed by atoms with Gasteiger partial charge < -0.3 is 9.72 Å². The average Bonchev–Trinajstić information content (AvgIpc) is 3.21. The standard InChI is InChI=1S/C22H19N3O4/c1-24-19-17(20(26)25(22(24)28)13-15-8-4-2-5-9-15)12-18(23-19)21(27)29-14-16-10-6-3-7-11-16/h2-12,23H,13-14H2,1H3. The summed E-state index contributed by atoms with van der Waals surface area (Å²) in [6.07, 6.45) is 0. The molecule has 0 aliphatic rings. The minimum absolute atomic E-state index is 0.117. The number of aromatic nitrogens is 3. The number of hydrogen-bond donors (Lipinski definition) is 1. The van der Waals surface area contributed by atoms with Gasteiger partial charge in [0.05, 0.1) is 11.9 Å². The van der Waals surface area contributed by atoms with E-state index in [9.17, 15) is 14.4 Å². The third kappa shape index (κ3) is 3.62. The van der Waals surface area contributed by atoms with E-state index in [1.54, 1.807) is 7.05 Å². The minimum atomic E-state index is -0.591. The summed E-state index contributed by atoms with van der Waals surface area (Å²) < 4.78 is 7.80. The van der Waals surface area contributed by atoms with Crippen LogP contribution in [-0.2, 0) is 24.9 Å². The van der Waals surface area contributed by atoms with Crippen LogP contribution in [0.1, 0.15) is 21.6 Å². The number of benzene rings is 2. The molecule has 0 saturated carbocycles. The molecule has 29 heavy (non-hydrogen) atoms. The SMILES string of the molecule is Cn1c(=O)n(Cc2ccccc2)c(=O)c2cc(C(=O)OCc3ccccc3)[nH]c21. The molecule has 0 spiro atoms. The lowest BCUT2D eigenvalue weighted by Gasteiger charge is -2.08. The molecule has 0 aliphatic heterocycles. The molecule has 7 nitrogen and oxygen atoms in total. The minimum Gasteiger partial charge on any atom is -0.456 e. The summed E-state index contributed by atoms with van der Waals surface area (Å²) in [7, 11) is 1.56. The molecule has 4 rings (SSSR count). The van der Waals surface area contributed by atoms with Gasteiger partial charge in [-0.05, 0) is 17.2 Å². The van der Waals surface area contributed by atoms with Crippen molar-refractivity contribution in [1.82, 2.24) is 14.1 Å². The Morgan fingerprint density at radius 2 is 1.59 bits per heavy atom. The van der Waals surface area contributed by atoms with Crippen molar-refractivity contribution in [2.24, 2.45) is 7.05 Å². The first-order valence-electron chi connectivity index (χ1n) is 9.12. The molecule has 0 fully saturated rings. The molecule has 146 valence electrons. The quantitative estimate of drug-likeness (QED) is 0.531. The van der Waals surface area contributed by atoms with Crippen LogP contribution in [0.2, 0.25) is 0 Å². The Morgan fingerprint density at radius 1 is 0.966 bits per heavy atom. The lowest BCUT2D eigenvalue weighted by Crippen LogP contribution is -2.39. The monoisotopic (exact) mass is 389 g/mol. The Kier molecular flexibility index (Phi) is 4.87. The van der Waals surface area contributed by atoms with Gasteiger partial charge in [0.2, 0.25) is 0 Å². The summed E-state index contributed by atoms with van der Waals surface area (Å²) in [4.78, 5) is 40.9. The summed E-state index contributed by atoms with van der Waals surface area (Å²) in [6.45, 7) is 0.271. The maximum atomic E-state index is 12.9. The number of fused-ring (bicyclic) bond motifs is 1. The van der Waals surface area contributed by atoms with Crippen molar-refractivity contribution in [2.75, 3.05) is 0 Å². The van der Waals surface area contributed by atoms with Crippen LogP contribution in [0.25, 0.3) is 11.0 Å². The zero-order valence-corrected chi connectivity index (χ0v) is 15.8. The Labute approximate surface area is 165 Å². The van der Waals surface area contributed by atoms with Gasteiger partial charge in [-0.1, -0.05) is 60.7 Å². The number of aromatic amines is 1. The summed E-state index contributed by atoms with van der Waals surface area (Å²) in [5.41, 5.74) is 1.19. The van der Waals surface area contributed by atoms with Gasteiger partial charge >= 0.3 is 11.7 Å². The van der Waals surface area contributed by atoms with Gasteiger partial charge in [0.15, 0.2) is 0 Å². The van der Waals surface area contributed by atoms with Gasteiger partial charge in [-0.25, -0.2) is 9.59 Å². The van der Waals surface area contributed by atoms with E-state index in [-0.39, 0.29) is 29.9 Å². The number of nitrogens with zero attached hydrogens (tertiary/aromatic N) is 2. The molecule has 7 heteroatoms. The number of hydrogen-bond acceptors (Lipinski definition) is 4. The zero-order valence-electron chi connectivity index (χ0n) is 15.8. The van der Waals surface area contributed by atoms with Gasteiger partial charge in [0.1, 0.15) is 17.9 Å². The molecule has 0 amide bonds. The lowest BCUT2D eigenvalue weighted by atomic mass is 10.2. The first-order valence-corrected chi connectivity index (χ1v) is 9.12. The third-order valence-electron chi connectivity index (χ3n) is 4.74. The second-order valence-electron chi connectivity index (χ2n) is 6.73. The van der Waals surface area contributed by atoms with Gasteiger partial charge in [0, 0.05) is 7.05 Å². The van der Waals surface area contributed by atoms with Gasteiger partial charge in [-0.15, -0.1) is 0 Å². The molecule has 0 atom stereocenters. The fraction of sp³-hybridized carbons (Fsp3) is 0.136. The number of rotatable bonds is 5. The molecule has 4 aromatic rings. The predicted octanol–water partition coefficient (Wildman–Crippen LogP) is 2.43. The topological polar surface area (TPSA) is 86.1 Å². The molecule has 0 aliphatic carbocycles. The van der Waals surface area contributed by atoms with Gasteiger partial charge in [0.25, 0.3) is 5.56 Å². The number of ether oxygens (including phenoxy) is 1. The summed E-state index contributed by atoms with van der Waals surface area (Å²) >= 11 is 0. The van der Waals surface area contributed by atoms with E-state index in [1.165, 1.54) is 10.6 Å². The summed E-state index contributed by atoms with van der Waals surface area (Å²) in [5.74, 6) is -0.591. The average molecular weight is 389 g/mol. The maximum absolute atomic E-state index is 12.9. The van der Waals surface area contributed by atoms with Crippen molar-refractivity contribution < 1.29 is 9.53 Å². The molecule has 1 N–H and O–H groups in total. The number of aryl methyl sites for hydroxylation is 1. The summed E-state index contributed by atoms with van der Waals surface area (Å²) in [5, 5.41) is 0.259. The number of carbonyl (C=O) groups is 1. The highest BCUT2D eigenvalue weighted by Gasteiger charge is 2.18. The molecule has 2 aromatic heterocycles. The first-order chi connectivity index (χ1) is 14.0. The summed E-state index contributed by atoms with van der Waals surface area (Å²) in [6, 6.07) is 20.0. The second kappa shape index (κ2) is 7.63. The second-order valence-corrected chi connectivity index (χ2v) is 6.73. The van der Waals surface area contributed by atoms with Crippen molar-refractivity contribution in [1.29, 1.82) is 0 Å². The number of esters is 1. The van der Waals surface area contributed by atoms with E-state index >= 15 is 0 Å². The Balaban J connectivity index is 1.67. The van der Waals surface area contributed by atoms with Crippen LogP contribution >= 0.6 is 0 Å². The van der Waals surface area contributed by atoms with E-state index in [0.29, 0.717) is 0 Å². The molecule has 0 unspecified atom stereocenters. The lowest BCUT2D eigenvalue weighted by molar-refractivity contribution is 0.0467.